The summed E-state index contributed by atoms with van der Waals surface area (Å²) in [6.45, 7) is 34.3. The molecule has 16 heteroatoms. The topological polar surface area (TPSA) is 173 Å². The summed E-state index contributed by atoms with van der Waals surface area (Å²) in [7, 11) is 0. The molecule has 8 aliphatic heterocycles. The van der Waals surface area contributed by atoms with Gasteiger partial charge in [0.05, 0.1) is 48.3 Å². The molecule has 12 rings (SSSR count). The average molecular weight is 1340 g/mol. The number of benzene rings is 4. The lowest BCUT2D eigenvalue weighted by Gasteiger charge is -2.17. The van der Waals surface area contributed by atoms with Gasteiger partial charge in [-0.15, -0.1) is 0 Å². The first-order chi connectivity index (χ1) is 47.1. The number of rotatable bonds is 28. The Balaban J connectivity index is 0.000000166. The summed E-state index contributed by atoms with van der Waals surface area (Å²) >= 11 is 0. The summed E-state index contributed by atoms with van der Waals surface area (Å²) in [4.78, 5) is 37.5. The van der Waals surface area contributed by atoms with Crippen LogP contribution in [0.4, 0.5) is 0 Å². The van der Waals surface area contributed by atoms with Gasteiger partial charge in [0.15, 0.2) is 47.2 Å². The maximum absolute atomic E-state index is 5.88. The average Bonchev–Trinajstić information content (AvgIpc) is 1.17. The zero-order valence-electron chi connectivity index (χ0n) is 61.0. The highest BCUT2D eigenvalue weighted by Gasteiger charge is 2.28. The van der Waals surface area contributed by atoms with Crippen LogP contribution in [0.3, 0.4) is 0 Å². The van der Waals surface area contributed by atoms with Crippen LogP contribution >= 0.6 is 0 Å². The molecular formula is C82H118N8O8. The Kier molecular flexibility index (Phi) is 30.3. The second kappa shape index (κ2) is 38.9. The number of ether oxygens (including phenoxy) is 8. The van der Waals surface area contributed by atoms with E-state index in [1.165, 1.54) is 61.2 Å². The van der Waals surface area contributed by atoms with Crippen molar-refractivity contribution in [3.63, 3.8) is 0 Å². The number of hydrogen-bond donors (Lipinski definition) is 0. The van der Waals surface area contributed by atoms with Gasteiger partial charge in [-0.2, -0.15) is 0 Å². The third-order valence-corrected chi connectivity index (χ3v) is 19.2. The number of nitrogens with zero attached hydrogens (tertiary/aromatic N) is 8. The van der Waals surface area contributed by atoms with E-state index in [-0.39, 0.29) is 7.43 Å². The van der Waals surface area contributed by atoms with Crippen LogP contribution in [0.25, 0.3) is 0 Å². The predicted molar refractivity (Wildman–Crippen MR) is 404 cm³/mol. The second-order valence-corrected chi connectivity index (χ2v) is 28.1. The standard InChI is InChI=1S/C23H34N2O2.2C20H28N2O2.C18H24N2O2.CH4/c1-6-8-18-13-26-22(24-18)11-20-15(3)10-16(4)21(17(20)5)12-23-25-19(9-7-2)14-27-23;1-13(2)17-11-23-19(21-17)9-15-5-7-16(8-6-15)10-20-22-18(12-24-20)14(3)4;1-3-7-17-13-23-19(21-17)11-15-9-5-6-10-16(15)12-20-22-18(8-4-2)14-24-20;1-3-15-11-21-17(19-15)9-13-6-5-7-14(8-13)10-18-20-16(4-2)12-22-18;/h10,18-19H,6-9,11-14H2,1-5H3;5-8,13-14,17-18H,9-12H2,1-4H3;5-6,9-10,17-18H,3-4,7-8,11-14H2,1-2H3;5-8,15-16H,3-4,9-12H2,1-2H3;1H4. The third-order valence-electron chi connectivity index (χ3n) is 19.2. The van der Waals surface area contributed by atoms with Gasteiger partial charge in [-0.1, -0.05) is 181 Å². The van der Waals surface area contributed by atoms with E-state index < -0.39 is 0 Å². The summed E-state index contributed by atoms with van der Waals surface area (Å²) in [5.41, 5.74) is 14.1. The van der Waals surface area contributed by atoms with Gasteiger partial charge in [0.25, 0.3) is 0 Å². The highest BCUT2D eigenvalue weighted by Crippen LogP contribution is 2.28. The molecule has 0 saturated heterocycles. The second-order valence-electron chi connectivity index (χ2n) is 28.1. The van der Waals surface area contributed by atoms with Crippen molar-refractivity contribution in [3.05, 3.63) is 140 Å². The van der Waals surface area contributed by atoms with Crippen molar-refractivity contribution < 1.29 is 37.9 Å². The molecule has 8 unspecified atom stereocenters. The molecule has 0 N–H and O–H groups in total. The summed E-state index contributed by atoms with van der Waals surface area (Å²) in [5.74, 6) is 8.07. The van der Waals surface area contributed by atoms with Crippen LogP contribution in [0.5, 0.6) is 0 Å². The van der Waals surface area contributed by atoms with Crippen LogP contribution in [0.15, 0.2) is 119 Å². The molecule has 0 aliphatic carbocycles. The highest BCUT2D eigenvalue weighted by molar-refractivity contribution is 5.86. The molecular weight excluding hydrogens is 1220 g/mol. The normalized spacial score (nSPS) is 22.6. The van der Waals surface area contributed by atoms with Crippen LogP contribution in [-0.2, 0) is 89.3 Å². The van der Waals surface area contributed by atoms with Crippen LogP contribution in [0.1, 0.15) is 202 Å². The van der Waals surface area contributed by atoms with Crippen molar-refractivity contribution >= 4 is 47.2 Å². The Morgan fingerprint density at radius 3 is 0.939 bits per heavy atom. The molecule has 0 spiro atoms. The Morgan fingerprint density at radius 2 is 0.622 bits per heavy atom. The zero-order chi connectivity index (χ0) is 68.6. The van der Waals surface area contributed by atoms with E-state index in [2.05, 4.69) is 189 Å². The first-order valence-electron chi connectivity index (χ1n) is 36.9. The van der Waals surface area contributed by atoms with E-state index >= 15 is 0 Å². The lowest BCUT2D eigenvalue weighted by atomic mass is 9.90. The van der Waals surface area contributed by atoms with Gasteiger partial charge >= 0.3 is 0 Å². The van der Waals surface area contributed by atoms with Gasteiger partial charge in [-0.3, -0.25) is 0 Å². The van der Waals surface area contributed by atoms with E-state index in [1.54, 1.807) is 0 Å². The monoisotopic (exact) mass is 1340 g/mol. The SMILES string of the molecule is C.CC(C)C1COC(Cc2ccc(CC3=NC(C(C)C)CO3)cc2)=N1.CCC1COC(Cc2cccc(CC3=NC(CC)CO3)c2)=N1.CCCC1COC(Cc2c(C)cc(C)c(CC3=NC(CCC)CO3)c2C)=N1.CCCC1COC(Cc2ccccc2CC2=NC(CCC)CO2)=N1. The molecule has 534 valence electrons. The van der Waals surface area contributed by atoms with Gasteiger partial charge in [0.2, 0.25) is 0 Å². The number of hydrogen-bond acceptors (Lipinski definition) is 16. The number of aliphatic imine (C=N–C) groups is 8. The van der Waals surface area contributed by atoms with E-state index in [0.717, 1.165) is 216 Å². The minimum Gasteiger partial charge on any atom is -0.478 e. The quantitative estimate of drug-likeness (QED) is 0.0540. The smallest absolute Gasteiger partial charge is 0.188 e. The van der Waals surface area contributed by atoms with E-state index in [1.807, 2.05) is 0 Å². The van der Waals surface area contributed by atoms with Gasteiger partial charge in [-0.25, -0.2) is 39.9 Å². The van der Waals surface area contributed by atoms with Crippen LogP contribution in [-0.4, -0.2) is 148 Å². The van der Waals surface area contributed by atoms with E-state index in [0.29, 0.717) is 60.2 Å². The van der Waals surface area contributed by atoms with Crippen molar-refractivity contribution in [1.29, 1.82) is 0 Å². The lowest BCUT2D eigenvalue weighted by molar-refractivity contribution is 0.287. The fraction of sp³-hybridized carbons (Fsp3) is 0.610. The maximum Gasteiger partial charge on any atom is 0.188 e. The Labute approximate surface area is 588 Å². The van der Waals surface area contributed by atoms with Crippen molar-refractivity contribution in [2.24, 2.45) is 51.8 Å². The minimum absolute atomic E-state index is 0. The Morgan fingerprint density at radius 1 is 0.327 bits per heavy atom. The maximum atomic E-state index is 5.88. The van der Waals surface area contributed by atoms with Crippen molar-refractivity contribution in [3.8, 4) is 0 Å². The molecule has 8 aliphatic rings. The predicted octanol–water partition coefficient (Wildman–Crippen LogP) is 16.4. The third kappa shape index (κ3) is 23.1. The van der Waals surface area contributed by atoms with Crippen molar-refractivity contribution in [2.45, 2.75) is 261 Å². The van der Waals surface area contributed by atoms with Crippen LogP contribution < -0.4 is 0 Å². The summed E-state index contributed by atoms with van der Waals surface area (Å²) < 4.78 is 46.1. The molecule has 0 radical (unpaired) electrons. The fourth-order valence-corrected chi connectivity index (χ4v) is 13.2. The fourth-order valence-electron chi connectivity index (χ4n) is 13.2. The van der Waals surface area contributed by atoms with Crippen molar-refractivity contribution in [1.82, 2.24) is 0 Å². The zero-order valence-corrected chi connectivity index (χ0v) is 61.0. The first kappa shape index (κ1) is 76.4. The van der Waals surface area contributed by atoms with Crippen LogP contribution in [0, 0.1) is 32.6 Å². The summed E-state index contributed by atoms with van der Waals surface area (Å²) in [6, 6.07) is 30.6. The molecule has 0 saturated carbocycles. The number of aryl methyl sites for hydroxylation is 2. The van der Waals surface area contributed by atoms with Crippen LogP contribution in [0.2, 0.25) is 0 Å². The molecule has 98 heavy (non-hydrogen) atoms. The Bertz CT molecular complexity index is 3220. The molecule has 16 nitrogen and oxygen atoms in total. The van der Waals surface area contributed by atoms with Crippen molar-refractivity contribution in [2.75, 3.05) is 52.9 Å². The summed E-state index contributed by atoms with van der Waals surface area (Å²) in [5, 5.41) is 0. The Hall–Kier alpha value is -7.36. The first-order valence-corrected chi connectivity index (χ1v) is 36.9. The molecule has 8 atom stereocenters. The van der Waals surface area contributed by atoms with E-state index in [9.17, 15) is 0 Å². The molecule has 0 fully saturated rings. The summed E-state index contributed by atoms with van der Waals surface area (Å²) in [6.07, 6.45) is 17.3. The molecule has 0 bridgehead atoms. The molecule has 8 heterocycles. The molecule has 4 aromatic carbocycles. The van der Waals surface area contributed by atoms with Gasteiger partial charge in [0, 0.05) is 51.4 Å². The molecule has 0 aromatic heterocycles. The highest BCUT2D eigenvalue weighted by atomic mass is 16.5. The molecule has 4 aromatic rings. The van der Waals surface area contributed by atoms with Gasteiger partial charge in [0.1, 0.15) is 52.9 Å². The largest absolute Gasteiger partial charge is 0.478 e. The lowest BCUT2D eigenvalue weighted by Crippen LogP contribution is -2.13. The molecule has 0 amide bonds. The van der Waals surface area contributed by atoms with Gasteiger partial charge in [-0.05, 0) is 132 Å². The minimum atomic E-state index is 0. The van der Waals surface area contributed by atoms with E-state index in [4.69, 9.17) is 57.9 Å². The van der Waals surface area contributed by atoms with Gasteiger partial charge < -0.3 is 37.9 Å².